The number of methoxy groups -OCH3 is 1. The molecule has 6 aliphatic rings. The van der Waals surface area contributed by atoms with Gasteiger partial charge in [0, 0.05) is 63.6 Å². The highest BCUT2D eigenvalue weighted by molar-refractivity contribution is 5.78. The molecule has 0 spiro atoms. The van der Waals surface area contributed by atoms with Crippen LogP contribution in [0.2, 0.25) is 0 Å². The summed E-state index contributed by atoms with van der Waals surface area (Å²) in [6.07, 6.45) is 8.08. The molecule has 7 heterocycles. The second kappa shape index (κ2) is 13.9. The number of likely N-dealkylation sites (tertiary alicyclic amines) is 1. The van der Waals surface area contributed by atoms with E-state index in [4.69, 9.17) is 14.2 Å². The molecule has 9 rings (SSSR count). The average molecular weight is 601 g/mol. The largest absolute Gasteiger partial charge is 0.493 e. The van der Waals surface area contributed by atoms with E-state index >= 15 is 0 Å². The number of amides is 2. The van der Waals surface area contributed by atoms with Gasteiger partial charge in [-0.25, -0.2) is 9.97 Å². The zero-order valence-corrected chi connectivity index (χ0v) is 25.2. The topological polar surface area (TPSA) is 118 Å². The molecule has 44 heavy (non-hydrogen) atoms. The molecule has 6 aliphatic heterocycles. The summed E-state index contributed by atoms with van der Waals surface area (Å²) in [6.45, 7) is 4.22. The van der Waals surface area contributed by atoms with Gasteiger partial charge in [0.25, 0.3) is 5.91 Å². The molecule has 2 saturated heterocycles. The van der Waals surface area contributed by atoms with Crippen molar-refractivity contribution in [2.75, 3.05) is 44.8 Å². The van der Waals surface area contributed by atoms with Gasteiger partial charge in [0.2, 0.25) is 11.9 Å². The molecular weight excluding hydrogens is 560 g/mol. The third-order valence-electron chi connectivity index (χ3n) is 8.35. The Morgan fingerprint density at radius 2 is 1.70 bits per heavy atom. The number of carbonyl (C=O) groups is 2. The standard InChI is InChI=1S/C33H40N6O5/c1-42-29-15-23-7-11-28(29)43-22-32(41)34-16-24-5-9-26(10-6-24)44-30-21-38(20-27(30)37-31(40)12-8-23)19-25-17-35-33(36-18-25)39-13-3-2-4-14-39/h5-7,9-11,15,17-18,27,30H,2-4,8,12-14,16,19-22H2,1H3,(H,34,41)(H,37,40)/t27-,30-/m0/s1. The first-order valence-corrected chi connectivity index (χ1v) is 15.4. The first-order valence-electron chi connectivity index (χ1n) is 15.4. The molecule has 2 amide bonds. The molecule has 232 valence electrons. The van der Waals surface area contributed by atoms with Crippen molar-refractivity contribution in [2.24, 2.45) is 0 Å². The lowest BCUT2D eigenvalue weighted by Crippen LogP contribution is -2.45. The van der Waals surface area contributed by atoms with Crippen LogP contribution in [-0.2, 0) is 29.1 Å². The van der Waals surface area contributed by atoms with Crippen molar-refractivity contribution in [3.05, 3.63) is 71.5 Å². The highest BCUT2D eigenvalue weighted by atomic mass is 16.5. The summed E-state index contributed by atoms with van der Waals surface area (Å²) < 4.78 is 17.6. The van der Waals surface area contributed by atoms with Gasteiger partial charge >= 0.3 is 0 Å². The van der Waals surface area contributed by atoms with Crippen LogP contribution in [-0.4, -0.2) is 78.7 Å². The molecular formula is C33H40N6O5. The maximum atomic E-state index is 13.2. The van der Waals surface area contributed by atoms with E-state index in [0.29, 0.717) is 56.3 Å². The van der Waals surface area contributed by atoms with Gasteiger partial charge in [-0.05, 0) is 61.1 Å². The highest BCUT2D eigenvalue weighted by Crippen LogP contribution is 2.29. The predicted octanol–water partition coefficient (Wildman–Crippen LogP) is 2.86. The van der Waals surface area contributed by atoms with E-state index in [1.165, 1.54) is 19.3 Å². The number of anilines is 1. The van der Waals surface area contributed by atoms with E-state index in [2.05, 4.69) is 30.4 Å². The summed E-state index contributed by atoms with van der Waals surface area (Å²) in [5, 5.41) is 6.13. The van der Waals surface area contributed by atoms with Gasteiger partial charge in [-0.2, -0.15) is 0 Å². The van der Waals surface area contributed by atoms with Crippen molar-refractivity contribution in [2.45, 2.75) is 57.3 Å². The van der Waals surface area contributed by atoms with Gasteiger partial charge in [-0.15, -0.1) is 0 Å². The van der Waals surface area contributed by atoms with Crippen molar-refractivity contribution in [3.63, 3.8) is 0 Å². The highest BCUT2D eigenvalue weighted by Gasteiger charge is 2.35. The van der Waals surface area contributed by atoms with E-state index in [9.17, 15) is 9.59 Å². The smallest absolute Gasteiger partial charge is 0.258 e. The number of nitrogens with one attached hydrogen (secondary N) is 2. The van der Waals surface area contributed by atoms with Crippen LogP contribution in [0.4, 0.5) is 5.95 Å². The van der Waals surface area contributed by atoms with Gasteiger partial charge in [-0.1, -0.05) is 18.2 Å². The number of aryl methyl sites for hydroxylation is 1. The van der Waals surface area contributed by atoms with Crippen LogP contribution in [0.15, 0.2) is 54.9 Å². The first-order chi connectivity index (χ1) is 21.5. The summed E-state index contributed by atoms with van der Waals surface area (Å²) in [5.41, 5.74) is 2.91. The summed E-state index contributed by atoms with van der Waals surface area (Å²) in [6, 6.07) is 13.0. The van der Waals surface area contributed by atoms with Crippen LogP contribution < -0.4 is 29.7 Å². The van der Waals surface area contributed by atoms with Gasteiger partial charge in [0.05, 0.1) is 13.2 Å². The predicted molar refractivity (Wildman–Crippen MR) is 165 cm³/mol. The summed E-state index contributed by atoms with van der Waals surface area (Å²) in [5.74, 6) is 2.24. The fraction of sp³-hybridized carbons (Fsp3) is 0.455. The first kappa shape index (κ1) is 29.7. The van der Waals surface area contributed by atoms with Crippen LogP contribution in [0, 0.1) is 0 Å². The van der Waals surface area contributed by atoms with Crippen molar-refractivity contribution < 1.29 is 23.8 Å². The third kappa shape index (κ3) is 7.57. The minimum absolute atomic E-state index is 0.0413. The molecule has 2 atom stereocenters. The number of carbonyl (C=O) groups excluding carboxylic acids is 2. The third-order valence-corrected chi connectivity index (χ3v) is 8.35. The summed E-state index contributed by atoms with van der Waals surface area (Å²) in [4.78, 5) is 39.4. The molecule has 2 fully saturated rings. The number of hydrogen-bond donors (Lipinski definition) is 2. The maximum Gasteiger partial charge on any atom is 0.258 e. The molecule has 11 heteroatoms. The molecule has 0 radical (unpaired) electrons. The van der Waals surface area contributed by atoms with Crippen LogP contribution in [0.5, 0.6) is 17.2 Å². The molecule has 0 unspecified atom stereocenters. The van der Waals surface area contributed by atoms with Crippen molar-refractivity contribution >= 4 is 17.8 Å². The lowest BCUT2D eigenvalue weighted by atomic mass is 10.1. The Morgan fingerprint density at radius 1 is 0.932 bits per heavy atom. The number of hydrogen-bond acceptors (Lipinski definition) is 9. The van der Waals surface area contributed by atoms with Crippen molar-refractivity contribution in [3.8, 4) is 17.2 Å². The van der Waals surface area contributed by atoms with E-state index < -0.39 is 0 Å². The molecule has 1 aromatic heterocycles. The SMILES string of the molecule is COc1cc2ccc1OCC(=O)NCc1ccc(cc1)O[C@H]1CN(Cc3cnc(N4CCCCC4)nc3)C[C@@H]1NC(=O)CC2. The Morgan fingerprint density at radius 3 is 2.48 bits per heavy atom. The van der Waals surface area contributed by atoms with Crippen molar-refractivity contribution in [1.29, 1.82) is 0 Å². The van der Waals surface area contributed by atoms with Crippen LogP contribution in [0.1, 0.15) is 42.4 Å². The Balaban J connectivity index is 1.16. The maximum absolute atomic E-state index is 13.2. The van der Waals surface area contributed by atoms with Crippen LogP contribution in [0.25, 0.3) is 0 Å². The molecule has 0 saturated carbocycles. The Bertz CT molecular complexity index is 1430. The van der Waals surface area contributed by atoms with E-state index in [1.54, 1.807) is 13.2 Å². The molecule has 2 aromatic carbocycles. The lowest BCUT2D eigenvalue weighted by molar-refractivity contribution is -0.123. The minimum atomic E-state index is -0.236. The number of aromatic nitrogens is 2. The minimum Gasteiger partial charge on any atom is -0.493 e. The Labute approximate surface area is 257 Å². The fourth-order valence-corrected chi connectivity index (χ4v) is 5.96. The number of nitrogens with zero attached hydrogens (tertiary/aromatic N) is 4. The number of ether oxygens (including phenoxy) is 3. The average Bonchev–Trinajstić information content (AvgIpc) is 3.42. The lowest BCUT2D eigenvalue weighted by Gasteiger charge is -2.26. The monoisotopic (exact) mass is 600 g/mol. The molecule has 2 N–H and O–H groups in total. The Kier molecular flexibility index (Phi) is 9.40. The number of piperidine rings is 1. The normalized spacial score (nSPS) is 21.5. The van der Waals surface area contributed by atoms with Gasteiger partial charge in [0.1, 0.15) is 11.9 Å². The van der Waals surface area contributed by atoms with E-state index in [0.717, 1.165) is 35.7 Å². The molecule has 11 nitrogen and oxygen atoms in total. The zero-order chi connectivity index (χ0) is 30.3. The fourth-order valence-electron chi connectivity index (χ4n) is 5.96. The summed E-state index contributed by atoms with van der Waals surface area (Å²) >= 11 is 0. The number of benzene rings is 2. The molecule has 3 aromatic rings. The second-order valence-corrected chi connectivity index (χ2v) is 11.7. The second-order valence-electron chi connectivity index (χ2n) is 11.7. The van der Waals surface area contributed by atoms with Crippen LogP contribution in [0.3, 0.4) is 0 Å². The van der Waals surface area contributed by atoms with Gasteiger partial charge in [0.15, 0.2) is 18.1 Å². The van der Waals surface area contributed by atoms with Gasteiger partial charge in [-0.3, -0.25) is 14.5 Å². The van der Waals surface area contributed by atoms with Gasteiger partial charge < -0.3 is 29.7 Å². The van der Waals surface area contributed by atoms with Crippen LogP contribution >= 0.6 is 0 Å². The van der Waals surface area contributed by atoms with E-state index in [-0.39, 0.29) is 30.6 Å². The number of rotatable bonds is 4. The zero-order valence-electron chi connectivity index (χ0n) is 25.2. The van der Waals surface area contributed by atoms with E-state index in [1.807, 2.05) is 48.8 Å². The van der Waals surface area contributed by atoms with Crippen molar-refractivity contribution in [1.82, 2.24) is 25.5 Å². The quantitative estimate of drug-likeness (QED) is 0.466. The molecule has 0 aliphatic carbocycles. The summed E-state index contributed by atoms with van der Waals surface area (Å²) in [7, 11) is 1.56. The molecule has 4 bridgehead atoms. The Hall–Kier alpha value is -4.38.